The Morgan fingerprint density at radius 3 is 2.14 bits per heavy atom. The van der Waals surface area contributed by atoms with Gasteiger partial charge in [0.25, 0.3) is 0 Å². The molecule has 4 aromatic rings. The summed E-state index contributed by atoms with van der Waals surface area (Å²) in [6.07, 6.45) is 13.2. The zero-order chi connectivity index (χ0) is 40.2. The van der Waals surface area contributed by atoms with Crippen molar-refractivity contribution in [3.63, 3.8) is 0 Å². The number of anilines is 1. The maximum absolute atomic E-state index is 6.98. The van der Waals surface area contributed by atoms with Crippen molar-refractivity contribution in [2.45, 2.75) is 78.1 Å². The number of allylic oxidation sites excluding steroid dienone is 7. The average molecular weight is 875 g/mol. The summed E-state index contributed by atoms with van der Waals surface area (Å²) < 4.78 is 23.3. The van der Waals surface area contributed by atoms with Crippen molar-refractivity contribution in [2.75, 3.05) is 45.4 Å². The largest absolute Gasteiger partial charge is 0.457 e. The minimum Gasteiger partial charge on any atom is -0.457 e. The molecular weight excluding hydrogens is 815 g/mol. The summed E-state index contributed by atoms with van der Waals surface area (Å²) in [5.41, 5.74) is 12.8. The molecule has 0 bridgehead atoms. The highest BCUT2D eigenvalue weighted by Gasteiger charge is 2.44. The lowest BCUT2D eigenvalue weighted by atomic mass is 9.80. The second kappa shape index (κ2) is 17.7. The quantitative estimate of drug-likeness (QED) is 0.0687. The number of aryl methyl sites for hydroxylation is 2. The zero-order valence-electron chi connectivity index (χ0n) is 35.1. The number of hydrogen-bond donors (Lipinski definition) is 0. The van der Waals surface area contributed by atoms with Gasteiger partial charge in [-0.2, -0.15) is 4.58 Å². The molecule has 7 rings (SSSR count). The molecule has 0 saturated carbocycles. The molecule has 0 spiro atoms. The number of fused-ring (bicyclic) bond motifs is 2. The first-order valence-corrected chi connectivity index (χ1v) is 22.6. The SMILES string of the molecule is COCCCN1/C(=C/C=C2\CCC(/C=C/C3=[N+](CCCOC)c4ccc(C)cc4C3(C)C)=C2Oc2ccc([I+]c3ccccc3)cc2)C(C)(C)c2cc(C)ccc21. The van der Waals surface area contributed by atoms with E-state index in [9.17, 15) is 0 Å². The zero-order valence-corrected chi connectivity index (χ0v) is 37.3. The van der Waals surface area contributed by atoms with Crippen LogP contribution in [0.2, 0.25) is 0 Å². The highest BCUT2D eigenvalue weighted by atomic mass is 127. The minimum absolute atomic E-state index is 0.139. The number of benzene rings is 4. The van der Waals surface area contributed by atoms with Gasteiger partial charge in [-0.25, -0.2) is 0 Å². The van der Waals surface area contributed by atoms with Crippen LogP contribution in [0.4, 0.5) is 11.4 Å². The van der Waals surface area contributed by atoms with Gasteiger partial charge < -0.3 is 19.1 Å². The van der Waals surface area contributed by atoms with Crippen LogP contribution in [0.15, 0.2) is 138 Å². The Kier molecular flexibility index (Phi) is 12.7. The van der Waals surface area contributed by atoms with Crippen LogP contribution in [0.1, 0.15) is 75.6 Å². The molecule has 296 valence electrons. The molecule has 6 heteroatoms. The molecule has 0 radical (unpaired) electrons. The van der Waals surface area contributed by atoms with Gasteiger partial charge >= 0.3 is 21.2 Å². The molecular formula is C51H59IN2O3+2. The Hall–Kier alpha value is -4.24. The number of halogens is 1. The number of nitrogens with zero attached hydrogens (tertiary/aromatic N) is 2. The molecule has 0 N–H and O–H groups in total. The van der Waals surface area contributed by atoms with E-state index in [1.54, 1.807) is 14.2 Å². The molecule has 2 heterocycles. The Labute approximate surface area is 351 Å². The van der Waals surface area contributed by atoms with Crippen molar-refractivity contribution in [1.82, 2.24) is 0 Å². The van der Waals surface area contributed by atoms with Crippen LogP contribution in [0, 0.1) is 21.0 Å². The fourth-order valence-corrected chi connectivity index (χ4v) is 10.8. The van der Waals surface area contributed by atoms with Gasteiger partial charge in [0, 0.05) is 68.3 Å². The van der Waals surface area contributed by atoms with Gasteiger partial charge in [0.05, 0.1) is 12.0 Å². The van der Waals surface area contributed by atoms with Gasteiger partial charge in [-0.15, -0.1) is 0 Å². The summed E-state index contributed by atoms with van der Waals surface area (Å²) in [7, 11) is 3.57. The van der Waals surface area contributed by atoms with Crippen molar-refractivity contribution in [3.05, 3.63) is 167 Å². The van der Waals surface area contributed by atoms with Crippen molar-refractivity contribution in [1.29, 1.82) is 0 Å². The Bertz CT molecular complexity index is 2240. The van der Waals surface area contributed by atoms with E-state index in [2.05, 4.69) is 166 Å². The van der Waals surface area contributed by atoms with E-state index < -0.39 is 0 Å². The Morgan fingerprint density at radius 1 is 0.719 bits per heavy atom. The van der Waals surface area contributed by atoms with Crippen LogP contribution in [-0.4, -0.2) is 50.8 Å². The van der Waals surface area contributed by atoms with Crippen LogP contribution in [0.25, 0.3) is 0 Å². The second-order valence-electron chi connectivity index (χ2n) is 16.5. The minimum atomic E-state index is -0.252. The number of ether oxygens (including phenoxy) is 3. The van der Waals surface area contributed by atoms with E-state index in [1.807, 2.05) is 0 Å². The van der Waals surface area contributed by atoms with Gasteiger partial charge in [0.2, 0.25) is 5.69 Å². The van der Waals surface area contributed by atoms with E-state index in [0.717, 1.165) is 63.5 Å². The van der Waals surface area contributed by atoms with Gasteiger partial charge in [-0.3, -0.25) is 0 Å². The van der Waals surface area contributed by atoms with E-state index in [0.29, 0.717) is 0 Å². The smallest absolute Gasteiger partial charge is 0.357 e. The Balaban J connectivity index is 1.27. The van der Waals surface area contributed by atoms with Crippen LogP contribution in [-0.2, 0) is 20.3 Å². The first kappa shape index (κ1) is 40.9. The second-order valence-corrected chi connectivity index (χ2v) is 19.6. The molecule has 4 aromatic carbocycles. The molecule has 5 nitrogen and oxygen atoms in total. The highest BCUT2D eigenvalue weighted by molar-refractivity contribution is 6.03. The fourth-order valence-electron chi connectivity index (χ4n) is 8.59. The topological polar surface area (TPSA) is 33.9 Å². The summed E-state index contributed by atoms with van der Waals surface area (Å²) in [6.45, 7) is 17.1. The third-order valence-electron chi connectivity index (χ3n) is 11.7. The summed E-state index contributed by atoms with van der Waals surface area (Å²) in [5.74, 6) is 1.85. The molecule has 1 aliphatic carbocycles. The van der Waals surface area contributed by atoms with Gasteiger partial charge in [-0.1, -0.05) is 67.4 Å². The standard InChI is InChI=1S/C51H59IN2O3/c1-36-16-26-45-43(34-36)50(3,4)47(53(45)30-12-32-55-7)28-20-38-18-19-39(49(38)57-42-24-22-41(23-25-42)52-40-14-10-9-11-15-40)21-29-48-51(5,6)44-35-37(2)17-27-46(44)54(48)31-13-33-56-8/h9-11,14-17,20-29,34-35H,12-13,18-19,30-33H2,1-8H3/q+2. The average Bonchev–Trinajstić information content (AvgIpc) is 3.74. The van der Waals surface area contributed by atoms with Crippen molar-refractivity contribution in [3.8, 4) is 5.75 Å². The predicted molar refractivity (Wildman–Crippen MR) is 231 cm³/mol. The van der Waals surface area contributed by atoms with E-state index in [4.69, 9.17) is 14.2 Å². The summed E-state index contributed by atoms with van der Waals surface area (Å²) >= 11 is -0.252. The van der Waals surface area contributed by atoms with Gasteiger partial charge in [0.15, 0.2) is 19.4 Å². The van der Waals surface area contributed by atoms with E-state index >= 15 is 0 Å². The maximum atomic E-state index is 6.98. The molecule has 0 atom stereocenters. The summed E-state index contributed by atoms with van der Waals surface area (Å²) in [6, 6.07) is 33.4. The van der Waals surface area contributed by atoms with Crippen molar-refractivity contribution < 1.29 is 40.0 Å². The molecule has 3 aliphatic rings. The molecule has 0 fully saturated rings. The molecule has 0 amide bonds. The molecule has 2 aliphatic heterocycles. The number of hydrogen-bond acceptors (Lipinski definition) is 4. The van der Waals surface area contributed by atoms with Gasteiger partial charge in [0.1, 0.15) is 11.5 Å². The number of methoxy groups -OCH3 is 2. The maximum Gasteiger partial charge on any atom is 0.357 e. The lowest BCUT2D eigenvalue weighted by molar-refractivity contribution is -0.597. The lowest BCUT2D eigenvalue weighted by Gasteiger charge is -2.27. The first-order valence-electron chi connectivity index (χ1n) is 20.4. The molecule has 0 unspecified atom stereocenters. The molecule has 57 heavy (non-hydrogen) atoms. The molecule has 0 aromatic heterocycles. The van der Waals surface area contributed by atoms with Crippen LogP contribution in [0.5, 0.6) is 5.75 Å². The monoisotopic (exact) mass is 874 g/mol. The molecule has 0 saturated heterocycles. The third-order valence-corrected chi connectivity index (χ3v) is 14.4. The first-order chi connectivity index (χ1) is 27.5. The van der Waals surface area contributed by atoms with Crippen molar-refractivity contribution in [2.24, 2.45) is 0 Å². The van der Waals surface area contributed by atoms with Crippen molar-refractivity contribution >= 4 is 17.1 Å². The lowest BCUT2D eigenvalue weighted by Crippen LogP contribution is -3.61. The Morgan fingerprint density at radius 2 is 1.40 bits per heavy atom. The van der Waals surface area contributed by atoms with E-state index in [-0.39, 0.29) is 32.0 Å². The van der Waals surface area contributed by atoms with E-state index in [1.165, 1.54) is 63.3 Å². The summed E-state index contributed by atoms with van der Waals surface area (Å²) in [4.78, 5) is 2.51. The fraction of sp³-hybridized carbons (Fsp3) is 0.353. The normalized spacial score (nSPS) is 18.4. The summed E-state index contributed by atoms with van der Waals surface area (Å²) in [5, 5.41) is 0. The van der Waals surface area contributed by atoms with Gasteiger partial charge in [-0.05, 0) is 124 Å². The number of rotatable bonds is 15. The van der Waals surface area contributed by atoms with Crippen LogP contribution >= 0.6 is 0 Å². The predicted octanol–water partition coefficient (Wildman–Crippen LogP) is 8.17. The third kappa shape index (κ3) is 8.79. The van der Waals surface area contributed by atoms with Crippen LogP contribution < -0.4 is 30.8 Å². The van der Waals surface area contributed by atoms with Crippen LogP contribution in [0.3, 0.4) is 0 Å². The highest BCUT2D eigenvalue weighted by Crippen LogP contribution is 2.48.